The maximum atomic E-state index is 3.16. The van der Waals surface area contributed by atoms with Gasteiger partial charge in [-0.25, -0.2) is 0 Å². The molecule has 17 heavy (non-hydrogen) atoms. The number of anilines is 2. The van der Waals surface area contributed by atoms with Gasteiger partial charge >= 0.3 is 0 Å². The minimum atomic E-state index is 1.14. The molecule has 0 atom stereocenters. The molecule has 0 aliphatic heterocycles. The van der Waals surface area contributed by atoms with Gasteiger partial charge in [0.1, 0.15) is 0 Å². The van der Waals surface area contributed by atoms with E-state index in [-0.39, 0.29) is 0 Å². The number of benzene rings is 2. The normalized spacial score (nSPS) is 10.1. The average Bonchev–Trinajstić information content (AvgIpc) is 2.39. The van der Waals surface area contributed by atoms with Gasteiger partial charge in [0.25, 0.3) is 0 Å². The van der Waals surface area contributed by atoms with Crippen molar-refractivity contribution in [2.45, 2.75) is 0 Å². The minimum Gasteiger partial charge on any atom is -0.388 e. The summed E-state index contributed by atoms with van der Waals surface area (Å²) in [5.74, 6) is 0. The highest BCUT2D eigenvalue weighted by molar-refractivity contribution is 5.69. The van der Waals surface area contributed by atoms with E-state index in [1.807, 2.05) is 7.05 Å². The summed E-state index contributed by atoms with van der Waals surface area (Å²) in [7, 11) is 6.04. The van der Waals surface area contributed by atoms with Crippen molar-refractivity contribution in [1.82, 2.24) is 0 Å². The Balaban J connectivity index is 2.32. The quantitative estimate of drug-likeness (QED) is 0.862. The van der Waals surface area contributed by atoms with Crippen LogP contribution >= 0.6 is 0 Å². The zero-order valence-corrected chi connectivity index (χ0v) is 10.6. The van der Waals surface area contributed by atoms with Crippen molar-refractivity contribution in [3.05, 3.63) is 48.5 Å². The zero-order chi connectivity index (χ0) is 12.3. The van der Waals surface area contributed by atoms with Gasteiger partial charge < -0.3 is 10.2 Å². The Morgan fingerprint density at radius 2 is 1.59 bits per heavy atom. The molecule has 0 amide bonds. The van der Waals surface area contributed by atoms with Crippen molar-refractivity contribution in [2.24, 2.45) is 0 Å². The van der Waals surface area contributed by atoms with E-state index < -0.39 is 0 Å². The van der Waals surface area contributed by atoms with E-state index >= 15 is 0 Å². The molecule has 0 aromatic heterocycles. The highest BCUT2D eigenvalue weighted by Gasteiger charge is 1.99. The number of nitrogens with one attached hydrogen (secondary N) is 1. The second-order valence-corrected chi connectivity index (χ2v) is 4.27. The highest BCUT2D eigenvalue weighted by Crippen LogP contribution is 2.24. The highest BCUT2D eigenvalue weighted by atomic mass is 15.1. The average molecular weight is 226 g/mol. The Morgan fingerprint density at radius 1 is 0.882 bits per heavy atom. The van der Waals surface area contributed by atoms with Crippen LogP contribution in [0.5, 0.6) is 0 Å². The van der Waals surface area contributed by atoms with E-state index in [9.17, 15) is 0 Å². The third-order valence-electron chi connectivity index (χ3n) is 2.87. The SMILES string of the molecule is CNc1cccc(-c2ccc(N(C)C)cc2)c1. The molecular weight excluding hydrogens is 208 g/mol. The van der Waals surface area contributed by atoms with Gasteiger partial charge in [-0.2, -0.15) is 0 Å². The van der Waals surface area contributed by atoms with Crippen LogP contribution in [0.4, 0.5) is 11.4 Å². The largest absolute Gasteiger partial charge is 0.388 e. The molecule has 0 aliphatic rings. The lowest BCUT2D eigenvalue weighted by atomic mass is 10.0. The first kappa shape index (κ1) is 11.5. The lowest BCUT2D eigenvalue weighted by Gasteiger charge is -2.13. The van der Waals surface area contributed by atoms with Crippen LogP contribution in [0.1, 0.15) is 0 Å². The van der Waals surface area contributed by atoms with Gasteiger partial charge in [0, 0.05) is 32.5 Å². The number of nitrogens with zero attached hydrogens (tertiary/aromatic N) is 1. The fraction of sp³-hybridized carbons (Fsp3) is 0.200. The van der Waals surface area contributed by atoms with E-state index in [0.29, 0.717) is 0 Å². The molecule has 2 aromatic rings. The van der Waals surface area contributed by atoms with E-state index in [0.717, 1.165) is 5.69 Å². The molecule has 0 aliphatic carbocycles. The summed E-state index contributed by atoms with van der Waals surface area (Å²) in [5.41, 5.74) is 4.84. The predicted octanol–water partition coefficient (Wildman–Crippen LogP) is 3.46. The molecule has 2 nitrogen and oxygen atoms in total. The van der Waals surface area contributed by atoms with Gasteiger partial charge in [0.05, 0.1) is 0 Å². The molecule has 0 radical (unpaired) electrons. The van der Waals surface area contributed by atoms with Crippen molar-refractivity contribution < 1.29 is 0 Å². The fourth-order valence-electron chi connectivity index (χ4n) is 1.81. The number of rotatable bonds is 3. The first-order chi connectivity index (χ1) is 8.20. The molecule has 2 heteroatoms. The maximum absolute atomic E-state index is 3.16. The molecular formula is C15H18N2. The van der Waals surface area contributed by atoms with Crippen LogP contribution in [0.2, 0.25) is 0 Å². The Morgan fingerprint density at radius 3 is 2.18 bits per heavy atom. The van der Waals surface area contributed by atoms with Gasteiger partial charge in [-0.05, 0) is 35.4 Å². The van der Waals surface area contributed by atoms with Crippen molar-refractivity contribution in [3.8, 4) is 11.1 Å². The van der Waals surface area contributed by atoms with E-state index in [1.54, 1.807) is 0 Å². The Bertz CT molecular complexity index is 487. The molecule has 88 valence electrons. The van der Waals surface area contributed by atoms with Crippen molar-refractivity contribution >= 4 is 11.4 Å². The van der Waals surface area contributed by atoms with E-state index in [4.69, 9.17) is 0 Å². The second kappa shape index (κ2) is 4.91. The third kappa shape index (κ3) is 2.59. The molecule has 0 saturated carbocycles. The Kier molecular flexibility index (Phi) is 3.33. The molecule has 0 fully saturated rings. The summed E-state index contributed by atoms with van der Waals surface area (Å²) >= 11 is 0. The summed E-state index contributed by atoms with van der Waals surface area (Å²) in [6, 6.07) is 17.0. The molecule has 0 spiro atoms. The van der Waals surface area contributed by atoms with Crippen LogP contribution in [0.15, 0.2) is 48.5 Å². The fourth-order valence-corrected chi connectivity index (χ4v) is 1.81. The molecule has 0 heterocycles. The monoisotopic (exact) mass is 226 g/mol. The molecule has 0 saturated heterocycles. The van der Waals surface area contributed by atoms with Crippen LogP contribution in [0.3, 0.4) is 0 Å². The van der Waals surface area contributed by atoms with Crippen molar-refractivity contribution in [2.75, 3.05) is 31.4 Å². The van der Waals surface area contributed by atoms with Crippen molar-refractivity contribution in [1.29, 1.82) is 0 Å². The zero-order valence-electron chi connectivity index (χ0n) is 10.6. The van der Waals surface area contributed by atoms with E-state index in [2.05, 4.69) is 72.8 Å². The van der Waals surface area contributed by atoms with Gasteiger partial charge in [-0.15, -0.1) is 0 Å². The van der Waals surface area contributed by atoms with Crippen LogP contribution in [-0.2, 0) is 0 Å². The predicted molar refractivity (Wildman–Crippen MR) is 75.8 cm³/mol. The molecule has 2 rings (SSSR count). The second-order valence-electron chi connectivity index (χ2n) is 4.27. The lowest BCUT2D eigenvalue weighted by molar-refractivity contribution is 1.13. The first-order valence-electron chi connectivity index (χ1n) is 5.76. The first-order valence-corrected chi connectivity index (χ1v) is 5.76. The molecule has 0 unspecified atom stereocenters. The summed E-state index contributed by atoms with van der Waals surface area (Å²) < 4.78 is 0. The van der Waals surface area contributed by atoms with Gasteiger partial charge in [0.15, 0.2) is 0 Å². The lowest BCUT2D eigenvalue weighted by Crippen LogP contribution is -2.07. The maximum Gasteiger partial charge on any atom is 0.0361 e. The summed E-state index contributed by atoms with van der Waals surface area (Å²) in [6.07, 6.45) is 0. The Hall–Kier alpha value is -1.96. The van der Waals surface area contributed by atoms with Crippen LogP contribution in [-0.4, -0.2) is 21.1 Å². The molecule has 1 N–H and O–H groups in total. The van der Waals surface area contributed by atoms with Crippen molar-refractivity contribution in [3.63, 3.8) is 0 Å². The standard InChI is InChI=1S/C15H18N2/c1-16-14-6-4-5-13(11-14)12-7-9-15(10-8-12)17(2)3/h4-11,16H,1-3H3. The molecule has 0 bridgehead atoms. The van der Waals surface area contributed by atoms with Crippen LogP contribution in [0.25, 0.3) is 11.1 Å². The van der Waals surface area contributed by atoms with Gasteiger partial charge in [-0.3, -0.25) is 0 Å². The summed E-state index contributed by atoms with van der Waals surface area (Å²) in [5, 5.41) is 3.16. The number of hydrogen-bond acceptors (Lipinski definition) is 2. The summed E-state index contributed by atoms with van der Waals surface area (Å²) in [4.78, 5) is 2.10. The van der Waals surface area contributed by atoms with Gasteiger partial charge in [-0.1, -0.05) is 24.3 Å². The van der Waals surface area contributed by atoms with Gasteiger partial charge in [0.2, 0.25) is 0 Å². The third-order valence-corrected chi connectivity index (χ3v) is 2.87. The smallest absolute Gasteiger partial charge is 0.0361 e. The minimum absolute atomic E-state index is 1.14. The topological polar surface area (TPSA) is 15.3 Å². The van der Waals surface area contributed by atoms with Crippen LogP contribution < -0.4 is 10.2 Å². The van der Waals surface area contributed by atoms with Crippen LogP contribution in [0, 0.1) is 0 Å². The Labute approximate surface area is 103 Å². The number of hydrogen-bond donors (Lipinski definition) is 1. The molecule has 2 aromatic carbocycles. The van der Waals surface area contributed by atoms with E-state index in [1.165, 1.54) is 16.8 Å². The summed E-state index contributed by atoms with van der Waals surface area (Å²) in [6.45, 7) is 0.